The van der Waals surface area contributed by atoms with Crippen molar-refractivity contribution in [3.05, 3.63) is 54.5 Å². The van der Waals surface area contributed by atoms with Gasteiger partial charge in [-0.2, -0.15) is 0 Å². The number of phenols is 1. The van der Waals surface area contributed by atoms with E-state index in [9.17, 15) is 15.3 Å². The molecule has 0 radical (unpaired) electrons. The average molecular weight is 478 g/mol. The molecule has 1 unspecified atom stereocenters. The zero-order chi connectivity index (χ0) is 24.6. The van der Waals surface area contributed by atoms with Crippen LogP contribution >= 0.6 is 0 Å². The van der Waals surface area contributed by atoms with Crippen molar-refractivity contribution in [3.8, 4) is 11.5 Å². The number of rotatable bonds is 7. The van der Waals surface area contributed by atoms with Crippen LogP contribution in [0.15, 0.2) is 48.8 Å². The van der Waals surface area contributed by atoms with Gasteiger partial charge in [0.05, 0.1) is 52.9 Å². The van der Waals surface area contributed by atoms with Gasteiger partial charge in [0, 0.05) is 36.7 Å². The van der Waals surface area contributed by atoms with Crippen molar-refractivity contribution < 1.29 is 20.1 Å². The summed E-state index contributed by atoms with van der Waals surface area (Å²) in [5, 5.41) is 32.1. The number of H-pyrrole nitrogens is 1. The second kappa shape index (κ2) is 9.33. The Morgan fingerprint density at radius 2 is 1.94 bits per heavy atom. The molecule has 9 heteroatoms. The van der Waals surface area contributed by atoms with Crippen LogP contribution in [0.1, 0.15) is 31.6 Å². The normalized spacial score (nSPS) is 16.2. The van der Waals surface area contributed by atoms with Crippen LogP contribution in [0, 0.1) is 5.41 Å². The minimum Gasteiger partial charge on any atom is -0.504 e. The van der Waals surface area contributed by atoms with Gasteiger partial charge in [0.2, 0.25) is 0 Å². The maximum Gasteiger partial charge on any atom is 0.164 e. The molecular weight excluding hydrogens is 446 g/mol. The number of anilines is 1. The molecule has 1 aliphatic heterocycles. The van der Waals surface area contributed by atoms with E-state index in [1.54, 1.807) is 13.0 Å². The van der Waals surface area contributed by atoms with Crippen LogP contribution in [0.3, 0.4) is 0 Å². The van der Waals surface area contributed by atoms with Gasteiger partial charge in [-0.25, -0.2) is 9.97 Å². The number of aromatic nitrogens is 3. The monoisotopic (exact) mass is 477 g/mol. The molecule has 0 aliphatic carbocycles. The third-order valence-electron chi connectivity index (χ3n) is 6.97. The van der Waals surface area contributed by atoms with Crippen molar-refractivity contribution in [1.82, 2.24) is 15.0 Å². The van der Waals surface area contributed by atoms with E-state index in [0.717, 1.165) is 42.5 Å². The highest BCUT2D eigenvalue weighted by molar-refractivity contribution is 5.91. The largest absolute Gasteiger partial charge is 0.504 e. The van der Waals surface area contributed by atoms with Crippen molar-refractivity contribution in [1.29, 1.82) is 0 Å². The van der Waals surface area contributed by atoms with Crippen LogP contribution < -0.4 is 15.4 Å². The summed E-state index contributed by atoms with van der Waals surface area (Å²) in [5.41, 5.74) is 8.73. The Labute approximate surface area is 203 Å². The molecule has 2 aromatic heterocycles. The predicted octanol–water partition coefficient (Wildman–Crippen LogP) is 2.86. The van der Waals surface area contributed by atoms with Gasteiger partial charge in [-0.1, -0.05) is 25.1 Å². The molecule has 0 bridgehead atoms. The van der Waals surface area contributed by atoms with Gasteiger partial charge in [-0.15, -0.1) is 0 Å². The highest BCUT2D eigenvalue weighted by Gasteiger charge is 2.38. The number of aromatic amines is 1. The molecule has 184 valence electrons. The van der Waals surface area contributed by atoms with Gasteiger partial charge in [0.1, 0.15) is 0 Å². The number of para-hydroxylation sites is 1. The zero-order valence-electron chi connectivity index (χ0n) is 19.7. The number of fused-ring (bicyclic) bond motifs is 2. The average Bonchev–Trinajstić information content (AvgIpc) is 3.33. The van der Waals surface area contributed by atoms with Gasteiger partial charge < -0.3 is 35.7 Å². The first-order valence-electron chi connectivity index (χ1n) is 11.9. The van der Waals surface area contributed by atoms with Crippen molar-refractivity contribution in [3.63, 3.8) is 0 Å². The lowest BCUT2D eigenvalue weighted by Crippen LogP contribution is -2.40. The summed E-state index contributed by atoms with van der Waals surface area (Å²) in [6, 6.07) is 13.3. The maximum atomic E-state index is 10.6. The van der Waals surface area contributed by atoms with E-state index in [0.29, 0.717) is 16.7 Å². The van der Waals surface area contributed by atoms with E-state index >= 15 is 0 Å². The van der Waals surface area contributed by atoms with Crippen molar-refractivity contribution in [2.75, 3.05) is 31.2 Å². The van der Waals surface area contributed by atoms with E-state index < -0.39 is 11.5 Å². The van der Waals surface area contributed by atoms with Gasteiger partial charge in [0.15, 0.2) is 17.6 Å². The number of aromatic hydroxyl groups is 1. The number of phenolic OH excluding ortho intramolecular Hbond substituents is 1. The number of benzene rings is 2. The number of nitrogens with zero attached hydrogens (tertiary/aromatic N) is 3. The topological polar surface area (TPSA) is 141 Å². The smallest absolute Gasteiger partial charge is 0.164 e. The van der Waals surface area contributed by atoms with Crippen molar-refractivity contribution >= 4 is 27.6 Å². The second-order valence-corrected chi connectivity index (χ2v) is 9.62. The Balaban J connectivity index is 1.59. The highest BCUT2D eigenvalue weighted by Crippen LogP contribution is 2.41. The molecule has 3 heterocycles. The Kier molecular flexibility index (Phi) is 6.22. The lowest BCUT2D eigenvalue weighted by Gasteiger charge is -2.35. The first-order valence-corrected chi connectivity index (χ1v) is 11.9. The number of pyridine rings is 1. The lowest BCUT2D eigenvalue weighted by atomic mass is 9.83. The van der Waals surface area contributed by atoms with Crippen LogP contribution in [-0.4, -0.2) is 62.6 Å². The fourth-order valence-electron chi connectivity index (χ4n) is 4.64. The molecule has 0 spiro atoms. The number of ether oxygens (including phenoxy) is 1. The number of imidazole rings is 1. The number of aliphatic hydroxyl groups is 2. The molecule has 1 fully saturated rings. The summed E-state index contributed by atoms with van der Waals surface area (Å²) in [4.78, 5) is 14.5. The summed E-state index contributed by atoms with van der Waals surface area (Å²) in [6.45, 7) is 2.75. The summed E-state index contributed by atoms with van der Waals surface area (Å²) < 4.78 is 6.29. The number of hydrogen-bond donors (Lipinski definition) is 5. The number of piperidine rings is 1. The first kappa shape index (κ1) is 23.3. The molecule has 2 aromatic carbocycles. The fourth-order valence-corrected chi connectivity index (χ4v) is 4.64. The van der Waals surface area contributed by atoms with E-state index in [-0.39, 0.29) is 30.8 Å². The summed E-state index contributed by atoms with van der Waals surface area (Å²) in [7, 11) is 0. The SMILES string of the molecule is CC(CO)(CO)C(Oc1cc2nc[nH]c2cc1O)c1ccc2cccc(N3CCC(N)CC3)c2n1. The first-order chi connectivity index (χ1) is 16.9. The van der Waals surface area contributed by atoms with E-state index in [1.165, 1.54) is 12.4 Å². The minimum atomic E-state index is -1.07. The zero-order valence-corrected chi connectivity index (χ0v) is 19.7. The van der Waals surface area contributed by atoms with Crippen LogP contribution in [0.2, 0.25) is 0 Å². The van der Waals surface area contributed by atoms with E-state index in [1.807, 2.05) is 24.3 Å². The van der Waals surface area contributed by atoms with Crippen LogP contribution in [-0.2, 0) is 0 Å². The highest BCUT2D eigenvalue weighted by atomic mass is 16.5. The molecular formula is C26H31N5O4. The van der Waals surface area contributed by atoms with Gasteiger partial charge in [-0.3, -0.25) is 0 Å². The van der Waals surface area contributed by atoms with Crippen molar-refractivity contribution in [2.45, 2.75) is 31.9 Å². The quantitative estimate of drug-likeness (QED) is 0.274. The Hall–Kier alpha value is -3.40. The molecule has 6 N–H and O–H groups in total. The lowest BCUT2D eigenvalue weighted by molar-refractivity contribution is -0.0316. The molecule has 1 atom stereocenters. The predicted molar refractivity (Wildman–Crippen MR) is 135 cm³/mol. The Morgan fingerprint density at radius 3 is 2.69 bits per heavy atom. The molecule has 1 saturated heterocycles. The third kappa shape index (κ3) is 4.38. The molecule has 5 rings (SSSR count). The number of hydrogen-bond acceptors (Lipinski definition) is 8. The maximum absolute atomic E-state index is 10.6. The molecule has 0 saturated carbocycles. The van der Waals surface area contributed by atoms with Gasteiger partial charge in [0.25, 0.3) is 0 Å². The standard InChI is InChI=1S/C26H31N5O4/c1-26(13-32,14-33)25(35-23-12-20-19(11-22(23)34)28-15-29-20)18-6-5-16-3-2-4-21(24(16)30-18)31-9-7-17(27)8-10-31/h2-6,11-12,15,17,25,32-34H,7-10,13-14,27H2,1H3,(H,28,29). The Morgan fingerprint density at radius 1 is 1.17 bits per heavy atom. The number of aliphatic hydroxyl groups excluding tert-OH is 2. The van der Waals surface area contributed by atoms with Crippen LogP contribution in [0.4, 0.5) is 5.69 Å². The summed E-state index contributed by atoms with van der Waals surface area (Å²) in [6.07, 6.45) is 2.54. The fraction of sp³-hybridized carbons (Fsp3) is 0.385. The molecule has 35 heavy (non-hydrogen) atoms. The summed E-state index contributed by atoms with van der Waals surface area (Å²) in [5.74, 6) is 0.124. The van der Waals surface area contributed by atoms with E-state index in [2.05, 4.69) is 20.9 Å². The summed E-state index contributed by atoms with van der Waals surface area (Å²) >= 11 is 0. The van der Waals surface area contributed by atoms with Gasteiger partial charge >= 0.3 is 0 Å². The minimum absolute atomic E-state index is 0.0730. The van der Waals surface area contributed by atoms with Crippen molar-refractivity contribution in [2.24, 2.45) is 11.1 Å². The van der Waals surface area contributed by atoms with Gasteiger partial charge in [-0.05, 0) is 25.0 Å². The number of nitrogens with two attached hydrogens (primary N) is 1. The molecule has 4 aromatic rings. The third-order valence-corrected chi connectivity index (χ3v) is 6.97. The van der Waals surface area contributed by atoms with Crippen LogP contribution in [0.25, 0.3) is 21.9 Å². The second-order valence-electron chi connectivity index (χ2n) is 9.62. The molecule has 9 nitrogen and oxygen atoms in total. The molecule has 0 amide bonds. The van der Waals surface area contributed by atoms with Crippen LogP contribution in [0.5, 0.6) is 11.5 Å². The molecule has 1 aliphatic rings. The van der Waals surface area contributed by atoms with E-state index in [4.69, 9.17) is 15.5 Å². The Bertz CT molecular complexity index is 1330. The number of nitrogens with one attached hydrogen (secondary N) is 1.